The lowest BCUT2D eigenvalue weighted by Crippen LogP contribution is -2.62. The highest BCUT2D eigenvalue weighted by Crippen LogP contribution is 2.36. The van der Waals surface area contributed by atoms with Gasteiger partial charge < -0.3 is 64.5 Å². The smallest absolute Gasteiger partial charge is 0.229 e. The number of phenols is 1. The second-order valence-electron chi connectivity index (χ2n) is 8.24. The third kappa shape index (κ3) is 5.67. The van der Waals surface area contributed by atoms with Crippen molar-refractivity contribution in [3.05, 3.63) is 17.7 Å². The highest BCUT2D eigenvalue weighted by Gasteiger charge is 2.48. The van der Waals surface area contributed by atoms with Crippen LogP contribution in [-0.4, -0.2) is 128 Å². The summed E-state index contributed by atoms with van der Waals surface area (Å²) in [6.45, 7) is -0.0707. The van der Waals surface area contributed by atoms with Crippen molar-refractivity contribution >= 4 is 5.78 Å². The van der Waals surface area contributed by atoms with Crippen LogP contribution in [0.3, 0.4) is 0 Å². The van der Waals surface area contributed by atoms with Gasteiger partial charge in [-0.25, -0.2) is 0 Å². The summed E-state index contributed by atoms with van der Waals surface area (Å²) in [5.74, 6) is -1.14. The van der Waals surface area contributed by atoms with Crippen molar-refractivity contribution in [3.63, 3.8) is 0 Å². The summed E-state index contributed by atoms with van der Waals surface area (Å²) < 4.78 is 26.7. The molecule has 0 bridgehead atoms. The van der Waals surface area contributed by atoms with Crippen LogP contribution in [0.2, 0.25) is 0 Å². The highest BCUT2D eigenvalue weighted by atomic mass is 16.7. The number of carbonyl (C=O) groups is 1. The van der Waals surface area contributed by atoms with Gasteiger partial charge in [-0.2, -0.15) is 0 Å². The molecule has 3 rings (SSSR count). The fourth-order valence-corrected chi connectivity index (χ4v) is 3.81. The van der Waals surface area contributed by atoms with E-state index in [9.17, 15) is 45.6 Å². The number of rotatable bonds is 8. The normalized spacial score (nSPS) is 37.6. The SMILES string of the molecule is COc1cc(O)c(C(C)=O)c(O[C@H]2O[C@@H](CO[C@@H]3O[C@H](CO)[C@@H](O)[C@@H](O)[C@@H]3O)[C@H](O)[C@@H](O)[C@@H]2O)c1. The number of hydrogen-bond acceptors (Lipinski definition) is 14. The lowest BCUT2D eigenvalue weighted by Gasteiger charge is -2.42. The second kappa shape index (κ2) is 11.3. The van der Waals surface area contributed by atoms with Gasteiger partial charge in [-0.1, -0.05) is 0 Å². The molecule has 0 saturated carbocycles. The van der Waals surface area contributed by atoms with Crippen LogP contribution in [0.4, 0.5) is 0 Å². The fourth-order valence-electron chi connectivity index (χ4n) is 3.81. The molecule has 198 valence electrons. The van der Waals surface area contributed by atoms with Crippen molar-refractivity contribution in [2.24, 2.45) is 0 Å². The number of carbonyl (C=O) groups excluding carboxylic acids is 1. The van der Waals surface area contributed by atoms with Crippen LogP contribution in [0.15, 0.2) is 12.1 Å². The van der Waals surface area contributed by atoms with Gasteiger partial charge in [0.2, 0.25) is 6.29 Å². The second-order valence-corrected chi connectivity index (χ2v) is 8.24. The van der Waals surface area contributed by atoms with Gasteiger partial charge in [0, 0.05) is 12.1 Å². The Kier molecular flexibility index (Phi) is 8.87. The minimum absolute atomic E-state index is 0.121. The molecule has 0 spiro atoms. The predicted molar refractivity (Wildman–Crippen MR) is 112 cm³/mol. The molecule has 0 aromatic heterocycles. The predicted octanol–water partition coefficient (Wildman–Crippen LogP) is -3.39. The van der Waals surface area contributed by atoms with E-state index < -0.39 is 86.2 Å². The first kappa shape index (κ1) is 27.5. The lowest BCUT2D eigenvalue weighted by atomic mass is 9.98. The van der Waals surface area contributed by atoms with Crippen molar-refractivity contribution in [2.75, 3.05) is 20.3 Å². The summed E-state index contributed by atoms with van der Waals surface area (Å²) in [6.07, 6.45) is -16.1. The van der Waals surface area contributed by atoms with Crippen LogP contribution in [0, 0.1) is 0 Å². The molecule has 0 amide bonds. The molecule has 1 aromatic rings. The summed E-state index contributed by atoms with van der Waals surface area (Å²) in [5, 5.41) is 80.2. The number of ether oxygens (including phenoxy) is 5. The topological polar surface area (TPSA) is 225 Å². The van der Waals surface area contributed by atoms with Gasteiger partial charge in [-0.15, -0.1) is 0 Å². The van der Waals surface area contributed by atoms with Crippen LogP contribution >= 0.6 is 0 Å². The van der Waals surface area contributed by atoms with Crippen molar-refractivity contribution in [3.8, 4) is 17.2 Å². The first-order valence-electron chi connectivity index (χ1n) is 10.7. The highest BCUT2D eigenvalue weighted by molar-refractivity contribution is 5.99. The summed E-state index contributed by atoms with van der Waals surface area (Å²) >= 11 is 0. The number of hydrogen-bond donors (Lipinski definition) is 8. The van der Waals surface area contributed by atoms with Crippen LogP contribution < -0.4 is 9.47 Å². The first-order chi connectivity index (χ1) is 16.5. The molecule has 2 saturated heterocycles. The fraction of sp³-hybridized carbons (Fsp3) is 0.667. The molecular weight excluding hydrogens is 476 g/mol. The zero-order valence-electron chi connectivity index (χ0n) is 18.9. The molecule has 14 heteroatoms. The Morgan fingerprint density at radius 3 is 2.03 bits per heavy atom. The maximum atomic E-state index is 12.0. The van der Waals surface area contributed by atoms with Gasteiger partial charge in [0.05, 0.1) is 20.3 Å². The van der Waals surface area contributed by atoms with Gasteiger partial charge in [0.25, 0.3) is 0 Å². The van der Waals surface area contributed by atoms with E-state index in [4.69, 9.17) is 23.7 Å². The molecule has 0 aliphatic carbocycles. The van der Waals surface area contributed by atoms with E-state index in [2.05, 4.69) is 0 Å². The maximum Gasteiger partial charge on any atom is 0.229 e. The average molecular weight is 506 g/mol. The molecule has 0 radical (unpaired) electrons. The van der Waals surface area contributed by atoms with E-state index >= 15 is 0 Å². The van der Waals surface area contributed by atoms with Crippen LogP contribution in [0.25, 0.3) is 0 Å². The molecule has 1 aromatic carbocycles. The Morgan fingerprint density at radius 1 is 0.886 bits per heavy atom. The number of phenolic OH excluding ortho intramolecular Hbond substituents is 1. The van der Waals surface area contributed by atoms with Gasteiger partial charge in [-0.05, 0) is 6.92 Å². The molecule has 2 aliphatic heterocycles. The van der Waals surface area contributed by atoms with E-state index in [-0.39, 0.29) is 17.1 Å². The minimum Gasteiger partial charge on any atom is -0.507 e. The summed E-state index contributed by atoms with van der Waals surface area (Å²) in [7, 11) is 1.31. The third-order valence-corrected chi connectivity index (χ3v) is 5.83. The summed E-state index contributed by atoms with van der Waals surface area (Å²) in [4.78, 5) is 12.0. The molecular formula is C21H30O14. The third-order valence-electron chi connectivity index (χ3n) is 5.83. The number of aliphatic hydroxyl groups is 7. The van der Waals surface area contributed by atoms with Gasteiger partial charge >= 0.3 is 0 Å². The van der Waals surface area contributed by atoms with Gasteiger partial charge in [0.1, 0.15) is 71.6 Å². The number of methoxy groups -OCH3 is 1. The van der Waals surface area contributed by atoms with Gasteiger partial charge in [-0.3, -0.25) is 4.79 Å². The number of Topliss-reactive ketones (excluding diaryl/α,β-unsaturated/α-hetero) is 1. The van der Waals surface area contributed by atoms with Crippen molar-refractivity contribution in [1.82, 2.24) is 0 Å². The molecule has 0 unspecified atom stereocenters. The van der Waals surface area contributed by atoms with Crippen LogP contribution in [-0.2, 0) is 14.2 Å². The number of ketones is 1. The van der Waals surface area contributed by atoms with Crippen molar-refractivity contribution in [1.29, 1.82) is 0 Å². The van der Waals surface area contributed by atoms with Crippen molar-refractivity contribution in [2.45, 2.75) is 68.3 Å². The first-order valence-corrected chi connectivity index (χ1v) is 10.7. The average Bonchev–Trinajstić information content (AvgIpc) is 2.82. The molecule has 2 aliphatic rings. The van der Waals surface area contributed by atoms with E-state index in [0.717, 1.165) is 0 Å². The number of aromatic hydroxyl groups is 1. The Labute approximate surface area is 199 Å². The maximum absolute atomic E-state index is 12.0. The van der Waals surface area contributed by atoms with Gasteiger partial charge in [0.15, 0.2) is 12.1 Å². The largest absolute Gasteiger partial charge is 0.507 e. The Morgan fingerprint density at radius 2 is 1.46 bits per heavy atom. The van der Waals surface area contributed by atoms with E-state index in [1.807, 2.05) is 0 Å². The minimum atomic E-state index is -1.79. The lowest BCUT2D eigenvalue weighted by molar-refractivity contribution is -0.323. The molecule has 8 N–H and O–H groups in total. The summed E-state index contributed by atoms with van der Waals surface area (Å²) in [6, 6.07) is 2.43. The zero-order valence-corrected chi connectivity index (χ0v) is 18.9. The zero-order chi connectivity index (χ0) is 26.0. The van der Waals surface area contributed by atoms with Crippen LogP contribution in [0.5, 0.6) is 17.2 Å². The molecule has 35 heavy (non-hydrogen) atoms. The van der Waals surface area contributed by atoms with E-state index in [1.165, 1.54) is 26.2 Å². The monoisotopic (exact) mass is 506 g/mol. The molecule has 2 heterocycles. The molecule has 10 atom stereocenters. The molecule has 14 nitrogen and oxygen atoms in total. The van der Waals surface area contributed by atoms with E-state index in [0.29, 0.717) is 0 Å². The quantitative estimate of drug-likeness (QED) is 0.161. The van der Waals surface area contributed by atoms with E-state index in [1.54, 1.807) is 0 Å². The molecule has 2 fully saturated rings. The standard InChI is InChI=1S/C21H30O14/c1-7(23)13-9(24)3-8(31-2)4-10(13)33-21-19(30)17(28)15(26)12(35-21)6-32-20-18(29)16(27)14(25)11(5-22)34-20/h3-4,11-12,14-22,24-30H,5-6H2,1-2H3/t11-,12+,14-,15+,16-,17-,18+,19+,20-,21+/m1/s1. The van der Waals surface area contributed by atoms with Crippen LogP contribution in [0.1, 0.15) is 17.3 Å². The number of aliphatic hydroxyl groups excluding tert-OH is 7. The number of benzene rings is 1. The Bertz CT molecular complexity index is 878. The Hall–Kier alpha value is -2.11. The summed E-state index contributed by atoms with van der Waals surface area (Å²) in [5.41, 5.74) is -0.240. The Balaban J connectivity index is 1.76. The van der Waals surface area contributed by atoms with Crippen molar-refractivity contribution < 1.29 is 69.3 Å².